The molecule has 1 heterocycles. The minimum Gasteiger partial charge on any atom is -0.377 e. The Bertz CT molecular complexity index is 223. The number of methoxy groups -OCH3 is 1. The quantitative estimate of drug-likeness (QED) is 0.722. The predicted molar refractivity (Wildman–Crippen MR) is 78.1 cm³/mol. The highest BCUT2D eigenvalue weighted by molar-refractivity contribution is 4.84. The molecule has 0 aromatic carbocycles. The second-order valence-electron chi connectivity index (χ2n) is 5.84. The van der Waals surface area contributed by atoms with Gasteiger partial charge in [0, 0.05) is 19.7 Å². The van der Waals surface area contributed by atoms with Crippen molar-refractivity contribution in [2.75, 3.05) is 33.3 Å². The third-order valence-electron chi connectivity index (χ3n) is 4.24. The Morgan fingerprint density at radius 1 is 1.39 bits per heavy atom. The summed E-state index contributed by atoms with van der Waals surface area (Å²) in [5, 5.41) is 3.55. The lowest BCUT2D eigenvalue weighted by atomic mass is 9.94. The van der Waals surface area contributed by atoms with E-state index in [1.165, 1.54) is 45.2 Å². The zero-order chi connectivity index (χ0) is 13.4. The third kappa shape index (κ3) is 5.25. The molecule has 0 bridgehead atoms. The zero-order valence-corrected chi connectivity index (χ0v) is 12.8. The third-order valence-corrected chi connectivity index (χ3v) is 4.24. The maximum absolute atomic E-state index is 5.64. The maximum atomic E-state index is 5.64. The summed E-state index contributed by atoms with van der Waals surface area (Å²) >= 11 is 0. The van der Waals surface area contributed by atoms with Crippen LogP contribution in [-0.2, 0) is 4.74 Å². The largest absolute Gasteiger partial charge is 0.377 e. The van der Waals surface area contributed by atoms with Crippen LogP contribution in [0.15, 0.2) is 0 Å². The fraction of sp³-hybridized carbons (Fsp3) is 1.00. The molecule has 1 rings (SSSR count). The molecule has 1 aliphatic rings. The molecule has 1 fully saturated rings. The molecule has 2 unspecified atom stereocenters. The first-order valence-corrected chi connectivity index (χ1v) is 7.64. The molecule has 18 heavy (non-hydrogen) atoms. The van der Waals surface area contributed by atoms with Crippen LogP contribution < -0.4 is 5.32 Å². The fourth-order valence-electron chi connectivity index (χ4n) is 2.97. The molecule has 0 spiro atoms. The Morgan fingerprint density at radius 3 is 2.78 bits per heavy atom. The highest BCUT2D eigenvalue weighted by Gasteiger charge is 2.30. The van der Waals surface area contributed by atoms with Gasteiger partial charge in [0.15, 0.2) is 0 Å². The molecule has 2 atom stereocenters. The van der Waals surface area contributed by atoms with Gasteiger partial charge in [-0.15, -0.1) is 0 Å². The Morgan fingerprint density at radius 2 is 2.17 bits per heavy atom. The van der Waals surface area contributed by atoms with Crippen molar-refractivity contribution >= 4 is 0 Å². The van der Waals surface area contributed by atoms with Gasteiger partial charge in [0.05, 0.1) is 5.60 Å². The summed E-state index contributed by atoms with van der Waals surface area (Å²) in [6.45, 7) is 11.4. The van der Waals surface area contributed by atoms with E-state index < -0.39 is 0 Å². The summed E-state index contributed by atoms with van der Waals surface area (Å²) < 4.78 is 5.64. The van der Waals surface area contributed by atoms with Crippen molar-refractivity contribution in [1.29, 1.82) is 0 Å². The topological polar surface area (TPSA) is 24.5 Å². The van der Waals surface area contributed by atoms with Crippen molar-refractivity contribution in [1.82, 2.24) is 10.2 Å². The van der Waals surface area contributed by atoms with Crippen LogP contribution in [0, 0.1) is 0 Å². The van der Waals surface area contributed by atoms with E-state index in [-0.39, 0.29) is 5.60 Å². The minimum absolute atomic E-state index is 0.0874. The zero-order valence-electron chi connectivity index (χ0n) is 12.8. The van der Waals surface area contributed by atoms with Crippen molar-refractivity contribution in [2.45, 2.75) is 64.5 Å². The van der Waals surface area contributed by atoms with E-state index in [0.29, 0.717) is 6.04 Å². The molecule has 0 saturated carbocycles. The molecule has 0 aromatic heterocycles. The molecule has 1 aliphatic heterocycles. The molecule has 1 saturated heterocycles. The van der Waals surface area contributed by atoms with Crippen LogP contribution >= 0.6 is 0 Å². The Hall–Kier alpha value is -0.120. The predicted octanol–water partition coefficient (Wildman–Crippen LogP) is 2.66. The molecule has 0 amide bonds. The van der Waals surface area contributed by atoms with Crippen LogP contribution in [0.4, 0.5) is 0 Å². The number of nitrogens with zero attached hydrogens (tertiary/aromatic N) is 1. The Kier molecular flexibility index (Phi) is 7.20. The van der Waals surface area contributed by atoms with Crippen molar-refractivity contribution in [3.63, 3.8) is 0 Å². The van der Waals surface area contributed by atoms with Crippen molar-refractivity contribution in [3.8, 4) is 0 Å². The smallest absolute Gasteiger partial charge is 0.0777 e. The molecule has 3 nitrogen and oxygen atoms in total. The summed E-state index contributed by atoms with van der Waals surface area (Å²) in [4.78, 5) is 2.58. The molecule has 0 radical (unpaired) electrons. The number of ether oxygens (including phenoxy) is 1. The fourth-order valence-corrected chi connectivity index (χ4v) is 2.97. The van der Waals surface area contributed by atoms with Crippen molar-refractivity contribution in [2.24, 2.45) is 0 Å². The first-order chi connectivity index (χ1) is 8.63. The van der Waals surface area contributed by atoms with Crippen LogP contribution in [0.5, 0.6) is 0 Å². The van der Waals surface area contributed by atoms with Gasteiger partial charge in [-0.2, -0.15) is 0 Å². The first kappa shape index (κ1) is 15.9. The molecule has 3 heteroatoms. The monoisotopic (exact) mass is 256 g/mol. The standard InChI is InChI=1S/C15H32N2O/c1-5-14(16-6-2)9-7-11-17-12-8-10-15(3,13-17)18-4/h14,16H,5-13H2,1-4H3. The lowest BCUT2D eigenvalue weighted by Crippen LogP contribution is -2.47. The first-order valence-electron chi connectivity index (χ1n) is 7.64. The molecule has 0 aliphatic carbocycles. The van der Waals surface area contributed by atoms with Gasteiger partial charge < -0.3 is 15.0 Å². The van der Waals surface area contributed by atoms with E-state index >= 15 is 0 Å². The van der Waals surface area contributed by atoms with Gasteiger partial charge in [-0.05, 0) is 58.7 Å². The highest BCUT2D eigenvalue weighted by Crippen LogP contribution is 2.24. The van der Waals surface area contributed by atoms with Crippen LogP contribution in [0.25, 0.3) is 0 Å². The molecule has 1 N–H and O–H groups in total. The summed E-state index contributed by atoms with van der Waals surface area (Å²) in [6.07, 6.45) is 6.31. The number of nitrogens with one attached hydrogen (secondary N) is 1. The molecule has 108 valence electrons. The lowest BCUT2D eigenvalue weighted by molar-refractivity contribution is -0.0509. The Labute approximate surface area is 113 Å². The van der Waals surface area contributed by atoms with Gasteiger partial charge in [-0.1, -0.05) is 13.8 Å². The van der Waals surface area contributed by atoms with Gasteiger partial charge in [0.2, 0.25) is 0 Å². The number of rotatable bonds is 8. The average molecular weight is 256 g/mol. The average Bonchev–Trinajstić information content (AvgIpc) is 2.38. The SMILES string of the molecule is CCNC(CC)CCCN1CCCC(C)(OC)C1. The lowest BCUT2D eigenvalue weighted by Gasteiger charge is -2.39. The molecular weight excluding hydrogens is 224 g/mol. The number of hydrogen-bond acceptors (Lipinski definition) is 3. The van der Waals surface area contributed by atoms with Crippen molar-refractivity contribution in [3.05, 3.63) is 0 Å². The highest BCUT2D eigenvalue weighted by atomic mass is 16.5. The van der Waals surface area contributed by atoms with Crippen LogP contribution in [-0.4, -0.2) is 49.8 Å². The van der Waals surface area contributed by atoms with Gasteiger partial charge in [0.1, 0.15) is 0 Å². The van der Waals surface area contributed by atoms with E-state index in [0.717, 1.165) is 13.1 Å². The van der Waals surface area contributed by atoms with E-state index in [2.05, 4.69) is 31.0 Å². The van der Waals surface area contributed by atoms with Gasteiger partial charge in [0.25, 0.3) is 0 Å². The summed E-state index contributed by atoms with van der Waals surface area (Å²) in [5.74, 6) is 0. The van der Waals surface area contributed by atoms with Crippen LogP contribution in [0.2, 0.25) is 0 Å². The van der Waals surface area contributed by atoms with Gasteiger partial charge in [-0.25, -0.2) is 0 Å². The van der Waals surface area contributed by atoms with Crippen LogP contribution in [0.3, 0.4) is 0 Å². The van der Waals surface area contributed by atoms with E-state index in [1.54, 1.807) is 0 Å². The second-order valence-corrected chi connectivity index (χ2v) is 5.84. The van der Waals surface area contributed by atoms with Gasteiger partial charge in [-0.3, -0.25) is 0 Å². The van der Waals surface area contributed by atoms with Crippen LogP contribution in [0.1, 0.15) is 52.9 Å². The van der Waals surface area contributed by atoms with E-state index in [9.17, 15) is 0 Å². The van der Waals surface area contributed by atoms with E-state index in [1.807, 2.05) is 7.11 Å². The van der Waals surface area contributed by atoms with Gasteiger partial charge >= 0.3 is 0 Å². The summed E-state index contributed by atoms with van der Waals surface area (Å²) in [7, 11) is 1.85. The minimum atomic E-state index is 0.0874. The summed E-state index contributed by atoms with van der Waals surface area (Å²) in [6, 6.07) is 0.702. The molecular formula is C15H32N2O. The number of piperidine rings is 1. The Balaban J connectivity index is 2.22. The second kappa shape index (κ2) is 8.13. The number of hydrogen-bond donors (Lipinski definition) is 1. The number of likely N-dealkylation sites (tertiary alicyclic amines) is 1. The van der Waals surface area contributed by atoms with Crippen molar-refractivity contribution < 1.29 is 4.74 Å². The van der Waals surface area contributed by atoms with E-state index in [4.69, 9.17) is 4.74 Å². The normalized spacial score (nSPS) is 27.3. The maximum Gasteiger partial charge on any atom is 0.0777 e. The summed E-state index contributed by atoms with van der Waals surface area (Å²) in [5.41, 5.74) is 0.0874. The molecule has 0 aromatic rings.